The second-order valence-electron chi connectivity index (χ2n) is 7.11. The number of thiophene rings is 1. The third-order valence-corrected chi connectivity index (χ3v) is 5.91. The predicted molar refractivity (Wildman–Crippen MR) is 89.5 cm³/mol. The molecule has 0 radical (unpaired) electrons. The molecule has 0 bridgehead atoms. The summed E-state index contributed by atoms with van der Waals surface area (Å²) in [5.74, 6) is -2.55. The lowest BCUT2D eigenvalue weighted by Crippen LogP contribution is -2.49. The van der Waals surface area contributed by atoms with Crippen LogP contribution < -0.4 is 0 Å². The van der Waals surface area contributed by atoms with Crippen LogP contribution in [-0.2, 0) is 11.2 Å². The summed E-state index contributed by atoms with van der Waals surface area (Å²) in [6, 6.07) is 3.97. The van der Waals surface area contributed by atoms with Gasteiger partial charge in [-0.25, -0.2) is 8.78 Å². The Hall–Kier alpha value is -1.05. The summed E-state index contributed by atoms with van der Waals surface area (Å²) in [4.78, 5) is 18.2. The number of alkyl halides is 2. The average molecular weight is 358 g/mol. The van der Waals surface area contributed by atoms with Gasteiger partial charge in [0.05, 0.1) is 18.6 Å². The van der Waals surface area contributed by atoms with E-state index in [4.69, 9.17) is 0 Å². The highest BCUT2D eigenvalue weighted by molar-refractivity contribution is 7.12. The van der Waals surface area contributed by atoms with E-state index in [1.54, 1.807) is 16.2 Å². The van der Waals surface area contributed by atoms with E-state index in [0.29, 0.717) is 45.6 Å². The average Bonchev–Trinajstić information content (AvgIpc) is 3.08. The van der Waals surface area contributed by atoms with Gasteiger partial charge in [0.25, 0.3) is 5.92 Å². The number of nitrogens with zero attached hydrogens (tertiary/aromatic N) is 2. The van der Waals surface area contributed by atoms with Crippen molar-refractivity contribution in [3.8, 4) is 0 Å². The van der Waals surface area contributed by atoms with Crippen LogP contribution in [0.25, 0.3) is 0 Å². The van der Waals surface area contributed by atoms with Crippen LogP contribution in [0.3, 0.4) is 0 Å². The molecule has 1 atom stereocenters. The van der Waals surface area contributed by atoms with E-state index in [1.807, 2.05) is 24.0 Å². The maximum absolute atomic E-state index is 13.2. The lowest BCUT2D eigenvalue weighted by molar-refractivity contribution is -0.130. The molecule has 0 aromatic carbocycles. The normalized spacial score (nSPS) is 27.6. The van der Waals surface area contributed by atoms with Crippen LogP contribution in [0, 0.1) is 6.92 Å². The molecule has 2 fully saturated rings. The fourth-order valence-electron chi connectivity index (χ4n) is 3.49. The molecule has 1 N–H and O–H groups in total. The molecule has 0 unspecified atom stereocenters. The number of likely N-dealkylation sites (tertiary alicyclic amines) is 2. The van der Waals surface area contributed by atoms with E-state index in [1.165, 1.54) is 4.88 Å². The maximum atomic E-state index is 13.2. The van der Waals surface area contributed by atoms with Crippen molar-refractivity contribution in [2.24, 2.45) is 0 Å². The van der Waals surface area contributed by atoms with Crippen molar-refractivity contribution >= 4 is 17.2 Å². The fourth-order valence-corrected chi connectivity index (χ4v) is 4.38. The number of piperidine rings is 1. The number of β-amino-alcohol motifs (C(OH)–C–C–N with tert-alkyl or cyclic N) is 1. The Morgan fingerprint density at radius 1 is 1.25 bits per heavy atom. The van der Waals surface area contributed by atoms with E-state index >= 15 is 0 Å². The highest BCUT2D eigenvalue weighted by atomic mass is 32.1. The molecule has 3 heterocycles. The molecular weight excluding hydrogens is 334 g/mol. The molecule has 1 aromatic heterocycles. The van der Waals surface area contributed by atoms with Crippen LogP contribution in [0.5, 0.6) is 0 Å². The first-order chi connectivity index (χ1) is 11.2. The number of aryl methyl sites for hydroxylation is 1. The Kier molecular flexibility index (Phi) is 4.95. The van der Waals surface area contributed by atoms with Gasteiger partial charge in [-0.3, -0.25) is 9.69 Å². The first-order valence-electron chi connectivity index (χ1n) is 8.40. The van der Waals surface area contributed by atoms with Gasteiger partial charge in [0.1, 0.15) is 0 Å². The SMILES string of the molecule is Cc1ccc(CC(=O)N2CC[C@@](O)(CN3CCC(F)(F)CC3)C2)s1. The molecule has 0 aliphatic carbocycles. The number of halogens is 2. The summed E-state index contributed by atoms with van der Waals surface area (Å²) in [5, 5.41) is 10.7. The Morgan fingerprint density at radius 3 is 2.58 bits per heavy atom. The summed E-state index contributed by atoms with van der Waals surface area (Å²) in [5.41, 5.74) is -0.979. The number of hydrogen-bond donors (Lipinski definition) is 1. The van der Waals surface area contributed by atoms with Crippen molar-refractivity contribution < 1.29 is 18.7 Å². The maximum Gasteiger partial charge on any atom is 0.250 e. The first kappa shape index (κ1) is 17.8. The molecule has 0 saturated carbocycles. The largest absolute Gasteiger partial charge is 0.387 e. The summed E-state index contributed by atoms with van der Waals surface area (Å²) in [7, 11) is 0. The monoisotopic (exact) mass is 358 g/mol. The van der Waals surface area contributed by atoms with Crippen molar-refractivity contribution in [3.05, 3.63) is 21.9 Å². The summed E-state index contributed by atoms with van der Waals surface area (Å²) in [6.07, 6.45) is 0.576. The number of carbonyl (C=O) groups excluding carboxylic acids is 1. The van der Waals surface area contributed by atoms with Crippen molar-refractivity contribution in [1.82, 2.24) is 9.80 Å². The van der Waals surface area contributed by atoms with E-state index in [9.17, 15) is 18.7 Å². The van der Waals surface area contributed by atoms with Crippen LogP contribution in [0.15, 0.2) is 12.1 Å². The van der Waals surface area contributed by atoms with Gasteiger partial charge in [0.15, 0.2) is 0 Å². The molecule has 1 amide bonds. The van der Waals surface area contributed by atoms with Crippen LogP contribution in [0.4, 0.5) is 8.78 Å². The molecule has 4 nitrogen and oxygen atoms in total. The second-order valence-corrected chi connectivity index (χ2v) is 8.48. The van der Waals surface area contributed by atoms with Gasteiger partial charge in [-0.2, -0.15) is 0 Å². The summed E-state index contributed by atoms with van der Waals surface area (Å²) in [6.45, 7) is 3.81. The number of hydrogen-bond acceptors (Lipinski definition) is 4. The zero-order chi connectivity index (χ0) is 17.4. The molecule has 7 heteroatoms. The van der Waals surface area contributed by atoms with Gasteiger partial charge < -0.3 is 10.0 Å². The van der Waals surface area contributed by atoms with Crippen molar-refractivity contribution in [3.63, 3.8) is 0 Å². The molecule has 1 aromatic rings. The van der Waals surface area contributed by atoms with Crippen LogP contribution in [0.2, 0.25) is 0 Å². The van der Waals surface area contributed by atoms with Crippen LogP contribution in [-0.4, -0.2) is 65.1 Å². The molecule has 2 aliphatic heterocycles. The van der Waals surface area contributed by atoms with E-state index in [0.717, 1.165) is 4.88 Å². The van der Waals surface area contributed by atoms with Crippen molar-refractivity contribution in [2.75, 3.05) is 32.7 Å². The van der Waals surface area contributed by atoms with Gasteiger partial charge in [-0.15, -0.1) is 11.3 Å². The van der Waals surface area contributed by atoms with Gasteiger partial charge in [-0.1, -0.05) is 0 Å². The fraction of sp³-hybridized carbons (Fsp3) is 0.706. The zero-order valence-electron chi connectivity index (χ0n) is 13.9. The van der Waals surface area contributed by atoms with Gasteiger partial charge in [-0.05, 0) is 25.5 Å². The number of aliphatic hydroxyl groups is 1. The Balaban J connectivity index is 1.51. The Bertz CT molecular complexity index is 597. The van der Waals surface area contributed by atoms with Gasteiger partial charge in [0, 0.05) is 48.8 Å². The lowest BCUT2D eigenvalue weighted by Gasteiger charge is -2.36. The third kappa shape index (κ3) is 4.32. The summed E-state index contributed by atoms with van der Waals surface area (Å²) >= 11 is 1.61. The standard InChI is InChI=1S/C17H24F2N2O2S/c1-13-2-3-14(24-13)10-15(22)21-9-4-16(23,12-21)11-20-7-5-17(18,19)6-8-20/h2-3,23H,4-12H2,1H3/t16-/m1/s1. The topological polar surface area (TPSA) is 43.8 Å². The lowest BCUT2D eigenvalue weighted by atomic mass is 10.00. The second kappa shape index (κ2) is 6.69. The third-order valence-electron chi connectivity index (χ3n) is 4.91. The molecule has 24 heavy (non-hydrogen) atoms. The molecule has 0 spiro atoms. The van der Waals surface area contributed by atoms with E-state index in [2.05, 4.69) is 0 Å². The minimum Gasteiger partial charge on any atom is -0.387 e. The zero-order valence-corrected chi connectivity index (χ0v) is 14.7. The number of carbonyl (C=O) groups is 1. The summed E-state index contributed by atoms with van der Waals surface area (Å²) < 4.78 is 26.4. The van der Waals surface area contributed by atoms with Gasteiger partial charge in [0.2, 0.25) is 5.91 Å². The van der Waals surface area contributed by atoms with E-state index in [-0.39, 0.29) is 18.7 Å². The van der Waals surface area contributed by atoms with Crippen molar-refractivity contribution in [2.45, 2.75) is 44.1 Å². The van der Waals surface area contributed by atoms with Crippen LogP contribution >= 0.6 is 11.3 Å². The molecule has 2 saturated heterocycles. The number of rotatable bonds is 4. The first-order valence-corrected chi connectivity index (χ1v) is 9.22. The highest BCUT2D eigenvalue weighted by Crippen LogP contribution is 2.30. The van der Waals surface area contributed by atoms with Crippen molar-refractivity contribution in [1.29, 1.82) is 0 Å². The molecular formula is C17H24F2N2O2S. The van der Waals surface area contributed by atoms with Gasteiger partial charge >= 0.3 is 0 Å². The molecule has 3 rings (SSSR count). The molecule has 2 aliphatic rings. The smallest absolute Gasteiger partial charge is 0.250 e. The minimum absolute atomic E-state index is 0.0259. The van der Waals surface area contributed by atoms with Crippen LogP contribution in [0.1, 0.15) is 29.0 Å². The molecule has 134 valence electrons. The predicted octanol–water partition coefficient (Wildman–Crippen LogP) is 2.29. The highest BCUT2D eigenvalue weighted by Gasteiger charge is 2.42. The van der Waals surface area contributed by atoms with E-state index < -0.39 is 11.5 Å². The Morgan fingerprint density at radius 2 is 1.96 bits per heavy atom. The minimum atomic E-state index is -2.57. The quantitative estimate of drug-likeness (QED) is 0.898. The number of amides is 1. The Labute approximate surface area is 145 Å².